The van der Waals surface area contributed by atoms with Crippen LogP contribution in [0.3, 0.4) is 0 Å². The second kappa shape index (κ2) is 6.59. The molecule has 2 heteroatoms. The van der Waals surface area contributed by atoms with Crippen LogP contribution >= 0.6 is 0 Å². The van der Waals surface area contributed by atoms with Gasteiger partial charge in [0.2, 0.25) is 0 Å². The number of aromatic nitrogens is 2. The fourth-order valence-electron chi connectivity index (χ4n) is 3.99. The van der Waals surface area contributed by atoms with E-state index in [1.165, 1.54) is 16.3 Å². The van der Waals surface area contributed by atoms with Crippen molar-refractivity contribution in [1.29, 1.82) is 0 Å². The Morgan fingerprint density at radius 2 is 1.38 bits per heavy atom. The zero-order valence-electron chi connectivity index (χ0n) is 17.1. The highest BCUT2D eigenvalue weighted by Crippen LogP contribution is 2.33. The Hall–Kier alpha value is -3.39. The minimum Gasteiger partial charge on any atom is -0.292 e. The predicted molar refractivity (Wildman–Crippen MR) is 123 cm³/mol. The van der Waals surface area contributed by atoms with Crippen molar-refractivity contribution in [2.24, 2.45) is 0 Å². The molecule has 5 rings (SSSR count). The molecule has 29 heavy (non-hydrogen) atoms. The van der Waals surface area contributed by atoms with E-state index < -0.39 is 0 Å². The summed E-state index contributed by atoms with van der Waals surface area (Å²) in [5, 5.41) is 2.46. The van der Waals surface area contributed by atoms with Crippen LogP contribution in [0.25, 0.3) is 38.9 Å². The molecule has 0 saturated heterocycles. The van der Waals surface area contributed by atoms with E-state index in [1.54, 1.807) is 0 Å². The minimum absolute atomic E-state index is 0.133. The second-order valence-corrected chi connectivity index (χ2v) is 8.59. The highest BCUT2D eigenvalue weighted by atomic mass is 15.1. The molecule has 0 spiro atoms. The van der Waals surface area contributed by atoms with Gasteiger partial charge in [0.05, 0.1) is 16.7 Å². The van der Waals surface area contributed by atoms with Crippen molar-refractivity contribution in [3.63, 3.8) is 0 Å². The number of hydrogen-bond acceptors (Lipinski definition) is 1. The number of rotatable bonds is 2. The van der Waals surface area contributed by atoms with Crippen LogP contribution in [0.5, 0.6) is 0 Å². The van der Waals surface area contributed by atoms with Gasteiger partial charge in [-0.2, -0.15) is 0 Å². The predicted octanol–water partition coefficient (Wildman–Crippen LogP) is 7.14. The Bertz CT molecular complexity index is 1310. The van der Waals surface area contributed by atoms with Gasteiger partial charge < -0.3 is 0 Å². The molecule has 2 nitrogen and oxygen atoms in total. The summed E-state index contributed by atoms with van der Waals surface area (Å²) in [4.78, 5) is 5.02. The van der Waals surface area contributed by atoms with Crippen molar-refractivity contribution in [3.8, 4) is 17.1 Å². The van der Waals surface area contributed by atoms with Gasteiger partial charge in [-0.25, -0.2) is 4.98 Å². The fraction of sp³-hybridized carbons (Fsp3) is 0.148. The summed E-state index contributed by atoms with van der Waals surface area (Å²) in [7, 11) is 0. The van der Waals surface area contributed by atoms with E-state index >= 15 is 0 Å². The molecule has 5 aromatic rings. The van der Waals surface area contributed by atoms with Gasteiger partial charge in [-0.05, 0) is 34.6 Å². The highest BCUT2D eigenvalue weighted by Gasteiger charge is 2.17. The van der Waals surface area contributed by atoms with Crippen LogP contribution in [0.15, 0.2) is 91.0 Å². The summed E-state index contributed by atoms with van der Waals surface area (Å²) >= 11 is 0. The minimum atomic E-state index is 0.133. The number of para-hydroxylation sites is 2. The van der Waals surface area contributed by atoms with Gasteiger partial charge in [0.25, 0.3) is 0 Å². The molecule has 0 aliphatic carbocycles. The molecule has 0 N–H and O–H groups in total. The lowest BCUT2D eigenvalue weighted by Gasteiger charge is -2.19. The van der Waals surface area contributed by atoms with Gasteiger partial charge >= 0.3 is 0 Å². The molecule has 0 unspecified atom stereocenters. The smallest absolute Gasteiger partial charge is 0.145 e. The quantitative estimate of drug-likeness (QED) is 0.320. The lowest BCUT2D eigenvalue weighted by Crippen LogP contribution is -2.10. The SMILES string of the molecule is CC(C)(C)c1ccc(-c2nc3ccccc3n2-c2cccc3ccccc23)cc1. The fourth-order valence-corrected chi connectivity index (χ4v) is 3.99. The van der Waals surface area contributed by atoms with Gasteiger partial charge in [0.1, 0.15) is 5.82 Å². The summed E-state index contributed by atoms with van der Waals surface area (Å²) < 4.78 is 2.30. The lowest BCUT2D eigenvalue weighted by molar-refractivity contribution is 0.590. The molecule has 1 aromatic heterocycles. The van der Waals surface area contributed by atoms with E-state index in [0.29, 0.717) is 0 Å². The normalized spacial score (nSPS) is 12.0. The number of benzene rings is 4. The van der Waals surface area contributed by atoms with Gasteiger partial charge in [0.15, 0.2) is 0 Å². The molecule has 4 aromatic carbocycles. The average Bonchev–Trinajstić information content (AvgIpc) is 3.12. The van der Waals surface area contributed by atoms with Crippen molar-refractivity contribution < 1.29 is 0 Å². The third kappa shape index (κ3) is 3.01. The third-order valence-electron chi connectivity index (χ3n) is 5.58. The zero-order valence-corrected chi connectivity index (χ0v) is 17.1. The molecule has 0 fully saturated rings. The summed E-state index contributed by atoms with van der Waals surface area (Å²) in [6.45, 7) is 6.73. The molecule has 142 valence electrons. The number of hydrogen-bond donors (Lipinski definition) is 0. The Balaban J connectivity index is 1.80. The van der Waals surface area contributed by atoms with Crippen molar-refractivity contribution in [2.75, 3.05) is 0 Å². The summed E-state index contributed by atoms with van der Waals surface area (Å²) in [5.41, 5.74) is 5.88. The van der Waals surface area contributed by atoms with Crippen molar-refractivity contribution in [2.45, 2.75) is 26.2 Å². The van der Waals surface area contributed by atoms with Crippen LogP contribution in [0, 0.1) is 0 Å². The van der Waals surface area contributed by atoms with Crippen LogP contribution in [-0.4, -0.2) is 9.55 Å². The van der Waals surface area contributed by atoms with Gasteiger partial charge in [-0.3, -0.25) is 4.57 Å². The largest absolute Gasteiger partial charge is 0.292 e. The van der Waals surface area contributed by atoms with E-state index in [4.69, 9.17) is 4.98 Å². The molecule has 0 aliphatic rings. The van der Waals surface area contributed by atoms with Crippen LogP contribution in [0.4, 0.5) is 0 Å². The molecule has 1 heterocycles. The first-order valence-corrected chi connectivity index (χ1v) is 10.1. The summed E-state index contributed by atoms with van der Waals surface area (Å²) in [5.74, 6) is 0.975. The first kappa shape index (κ1) is 17.7. The number of fused-ring (bicyclic) bond motifs is 2. The molecular weight excluding hydrogens is 352 g/mol. The number of nitrogens with zero attached hydrogens (tertiary/aromatic N) is 2. The van der Waals surface area contributed by atoms with Crippen LogP contribution in [0.1, 0.15) is 26.3 Å². The van der Waals surface area contributed by atoms with Gasteiger partial charge in [-0.1, -0.05) is 93.6 Å². The first-order chi connectivity index (χ1) is 14.0. The lowest BCUT2D eigenvalue weighted by atomic mass is 9.86. The second-order valence-electron chi connectivity index (χ2n) is 8.59. The zero-order chi connectivity index (χ0) is 20.0. The van der Waals surface area contributed by atoms with E-state index in [1.807, 2.05) is 0 Å². The summed E-state index contributed by atoms with van der Waals surface area (Å²) in [6.07, 6.45) is 0. The van der Waals surface area contributed by atoms with E-state index in [2.05, 4.69) is 116 Å². The van der Waals surface area contributed by atoms with E-state index in [0.717, 1.165) is 28.1 Å². The molecule has 0 aliphatic heterocycles. The molecular formula is C27H24N2. The average molecular weight is 377 g/mol. The van der Waals surface area contributed by atoms with E-state index in [9.17, 15) is 0 Å². The van der Waals surface area contributed by atoms with Crippen molar-refractivity contribution in [1.82, 2.24) is 9.55 Å². The topological polar surface area (TPSA) is 17.8 Å². The Kier molecular flexibility index (Phi) is 4.02. The Morgan fingerprint density at radius 3 is 2.17 bits per heavy atom. The molecule has 0 atom stereocenters. The standard InChI is InChI=1S/C27H24N2/c1-27(2,3)21-17-15-20(16-18-21)26-28-23-12-6-7-13-25(23)29(26)24-14-8-10-19-9-4-5-11-22(19)24/h4-18H,1-3H3. The molecule has 0 amide bonds. The first-order valence-electron chi connectivity index (χ1n) is 10.1. The Morgan fingerprint density at radius 1 is 0.690 bits per heavy atom. The Labute approximate surface area is 171 Å². The van der Waals surface area contributed by atoms with Crippen molar-refractivity contribution >= 4 is 21.8 Å². The summed E-state index contributed by atoms with van der Waals surface area (Å²) in [6, 6.07) is 32.2. The number of imidazole rings is 1. The molecule has 0 radical (unpaired) electrons. The third-order valence-corrected chi connectivity index (χ3v) is 5.58. The highest BCUT2D eigenvalue weighted by molar-refractivity contribution is 5.94. The van der Waals surface area contributed by atoms with E-state index in [-0.39, 0.29) is 5.41 Å². The maximum atomic E-state index is 5.02. The van der Waals surface area contributed by atoms with Gasteiger partial charge in [-0.15, -0.1) is 0 Å². The van der Waals surface area contributed by atoms with Crippen LogP contribution in [0.2, 0.25) is 0 Å². The maximum Gasteiger partial charge on any atom is 0.145 e. The maximum absolute atomic E-state index is 5.02. The molecule has 0 saturated carbocycles. The molecule has 0 bridgehead atoms. The van der Waals surface area contributed by atoms with Crippen molar-refractivity contribution in [3.05, 3.63) is 96.6 Å². The van der Waals surface area contributed by atoms with Crippen LogP contribution in [-0.2, 0) is 5.41 Å². The van der Waals surface area contributed by atoms with Crippen LogP contribution < -0.4 is 0 Å². The van der Waals surface area contributed by atoms with Gasteiger partial charge in [0, 0.05) is 10.9 Å². The monoisotopic (exact) mass is 376 g/mol.